The third kappa shape index (κ3) is 3.87. The molecule has 132 valence electrons. The predicted molar refractivity (Wildman–Crippen MR) is 106 cm³/mol. The first-order valence-electron chi connectivity index (χ1n) is 8.45. The quantitative estimate of drug-likeness (QED) is 0.421. The number of pyridine rings is 3. The van der Waals surface area contributed by atoms with Crippen LogP contribution >= 0.6 is 0 Å². The molecular formula is C20H17N7. The van der Waals surface area contributed by atoms with Crippen LogP contribution in [0, 0.1) is 5.53 Å². The van der Waals surface area contributed by atoms with Crippen LogP contribution in [0.25, 0.3) is 10.9 Å². The van der Waals surface area contributed by atoms with E-state index in [4.69, 9.17) is 5.53 Å². The molecule has 1 aromatic carbocycles. The Bertz CT molecular complexity index is 1080. The molecule has 0 saturated carbocycles. The van der Waals surface area contributed by atoms with Crippen molar-refractivity contribution in [3.63, 3.8) is 0 Å². The van der Waals surface area contributed by atoms with E-state index in [1.54, 1.807) is 30.7 Å². The van der Waals surface area contributed by atoms with Gasteiger partial charge in [-0.15, -0.1) is 0 Å². The first-order chi connectivity index (χ1) is 13.3. The summed E-state index contributed by atoms with van der Waals surface area (Å²) >= 11 is 0. The maximum absolute atomic E-state index is 7.37. The fourth-order valence-electron chi connectivity index (χ4n) is 2.75. The number of hydrogen-bond acceptors (Lipinski definition) is 7. The first-order valence-corrected chi connectivity index (χ1v) is 8.45. The van der Waals surface area contributed by atoms with Crippen molar-refractivity contribution in [3.05, 3.63) is 78.8 Å². The van der Waals surface area contributed by atoms with Crippen LogP contribution in [0.5, 0.6) is 0 Å². The Morgan fingerprint density at radius 2 is 1.93 bits per heavy atom. The highest BCUT2D eigenvalue weighted by molar-refractivity contribution is 5.79. The summed E-state index contributed by atoms with van der Waals surface area (Å²) in [6, 6.07) is 17.4. The van der Waals surface area contributed by atoms with Crippen LogP contribution in [0.2, 0.25) is 0 Å². The number of nitrogens with zero attached hydrogens (tertiary/aromatic N) is 4. The van der Waals surface area contributed by atoms with E-state index >= 15 is 0 Å². The van der Waals surface area contributed by atoms with Crippen LogP contribution in [-0.4, -0.2) is 15.0 Å². The molecule has 7 heteroatoms. The van der Waals surface area contributed by atoms with Gasteiger partial charge in [-0.3, -0.25) is 9.97 Å². The summed E-state index contributed by atoms with van der Waals surface area (Å²) in [5, 5.41) is 11.1. The summed E-state index contributed by atoms with van der Waals surface area (Å²) in [7, 11) is 0. The third-order valence-electron chi connectivity index (χ3n) is 4.06. The Kier molecular flexibility index (Phi) is 4.65. The first kappa shape index (κ1) is 16.6. The molecule has 0 aliphatic heterocycles. The second kappa shape index (κ2) is 7.57. The Morgan fingerprint density at radius 3 is 2.78 bits per heavy atom. The molecule has 0 radical (unpaired) electrons. The molecule has 0 amide bonds. The van der Waals surface area contributed by atoms with Crippen molar-refractivity contribution < 1.29 is 0 Å². The standard InChI is InChI=1S/C20H17N7/c21-27-18-7-8-19(25-16-4-2-9-22-13-16)26-20(18)24-12-14-5-6-17-15(11-14)3-1-10-23-17/h1-11,13,21H,12H2,(H2,24,25,26). The molecule has 7 nitrogen and oxygen atoms in total. The van der Waals surface area contributed by atoms with Gasteiger partial charge in [-0.1, -0.05) is 12.1 Å². The van der Waals surface area contributed by atoms with Crippen molar-refractivity contribution >= 4 is 33.9 Å². The number of rotatable bonds is 6. The smallest absolute Gasteiger partial charge is 0.156 e. The van der Waals surface area contributed by atoms with Gasteiger partial charge < -0.3 is 10.6 Å². The lowest BCUT2D eigenvalue weighted by atomic mass is 10.1. The van der Waals surface area contributed by atoms with Gasteiger partial charge in [-0.25, -0.2) is 10.5 Å². The molecule has 4 rings (SSSR count). The van der Waals surface area contributed by atoms with Crippen LogP contribution in [0.15, 0.2) is 78.3 Å². The minimum Gasteiger partial charge on any atom is -0.364 e. The van der Waals surface area contributed by atoms with Crippen molar-refractivity contribution in [2.45, 2.75) is 6.54 Å². The SMILES string of the molecule is N=Nc1ccc(Nc2cccnc2)nc1NCc1ccc2ncccc2c1. The van der Waals surface area contributed by atoms with Crippen molar-refractivity contribution in [2.75, 3.05) is 10.6 Å². The van der Waals surface area contributed by atoms with E-state index in [9.17, 15) is 0 Å². The van der Waals surface area contributed by atoms with Crippen LogP contribution in [0.1, 0.15) is 5.56 Å². The normalized spacial score (nSPS) is 10.5. The maximum atomic E-state index is 7.37. The summed E-state index contributed by atoms with van der Waals surface area (Å²) in [5.74, 6) is 1.20. The Balaban J connectivity index is 1.54. The summed E-state index contributed by atoms with van der Waals surface area (Å²) in [5.41, 5.74) is 10.8. The monoisotopic (exact) mass is 355 g/mol. The van der Waals surface area contributed by atoms with E-state index in [-0.39, 0.29) is 0 Å². The van der Waals surface area contributed by atoms with Gasteiger partial charge in [-0.2, -0.15) is 5.11 Å². The van der Waals surface area contributed by atoms with E-state index in [0.29, 0.717) is 23.9 Å². The van der Waals surface area contributed by atoms with Crippen molar-refractivity contribution in [3.8, 4) is 0 Å². The number of nitrogens with one attached hydrogen (secondary N) is 3. The number of aromatic nitrogens is 3. The van der Waals surface area contributed by atoms with Gasteiger partial charge in [0.05, 0.1) is 17.4 Å². The van der Waals surface area contributed by atoms with Gasteiger partial charge in [0.2, 0.25) is 0 Å². The topological polar surface area (TPSA) is 98.9 Å². The molecule has 3 heterocycles. The molecule has 0 atom stereocenters. The fraction of sp³-hybridized carbons (Fsp3) is 0.0500. The van der Waals surface area contributed by atoms with Crippen LogP contribution in [-0.2, 0) is 6.54 Å². The lowest BCUT2D eigenvalue weighted by molar-refractivity contribution is 1.08. The van der Waals surface area contributed by atoms with Gasteiger partial charge in [-0.05, 0) is 48.0 Å². The van der Waals surface area contributed by atoms with Crippen molar-refractivity contribution in [2.24, 2.45) is 5.11 Å². The molecule has 0 aliphatic rings. The average molecular weight is 355 g/mol. The molecular weight excluding hydrogens is 338 g/mol. The van der Waals surface area contributed by atoms with Crippen LogP contribution < -0.4 is 10.6 Å². The molecule has 4 aromatic rings. The number of hydrogen-bond donors (Lipinski definition) is 3. The van der Waals surface area contributed by atoms with E-state index < -0.39 is 0 Å². The highest BCUT2D eigenvalue weighted by atomic mass is 15.1. The summed E-state index contributed by atoms with van der Waals surface area (Å²) in [4.78, 5) is 13.0. The number of benzene rings is 1. The number of fused-ring (bicyclic) bond motifs is 1. The summed E-state index contributed by atoms with van der Waals surface area (Å²) < 4.78 is 0. The molecule has 0 bridgehead atoms. The van der Waals surface area contributed by atoms with E-state index in [1.165, 1.54) is 0 Å². The van der Waals surface area contributed by atoms with E-state index in [0.717, 1.165) is 22.2 Å². The second-order valence-electron chi connectivity index (χ2n) is 5.93. The molecule has 0 spiro atoms. The molecule has 0 unspecified atom stereocenters. The Labute approximate surface area is 156 Å². The molecule has 0 aliphatic carbocycles. The van der Waals surface area contributed by atoms with Crippen LogP contribution in [0.4, 0.5) is 23.0 Å². The van der Waals surface area contributed by atoms with Crippen molar-refractivity contribution in [1.82, 2.24) is 15.0 Å². The fourth-order valence-corrected chi connectivity index (χ4v) is 2.75. The van der Waals surface area contributed by atoms with Gasteiger partial charge in [0.15, 0.2) is 5.82 Å². The molecule has 0 saturated heterocycles. The Morgan fingerprint density at radius 1 is 1.00 bits per heavy atom. The zero-order chi connectivity index (χ0) is 18.5. The van der Waals surface area contributed by atoms with E-state index in [1.807, 2.05) is 36.4 Å². The van der Waals surface area contributed by atoms with Crippen LogP contribution in [0.3, 0.4) is 0 Å². The van der Waals surface area contributed by atoms with Gasteiger partial charge in [0.25, 0.3) is 0 Å². The zero-order valence-corrected chi connectivity index (χ0v) is 14.4. The minimum atomic E-state index is 0.481. The second-order valence-corrected chi connectivity index (χ2v) is 5.93. The molecule has 3 N–H and O–H groups in total. The van der Waals surface area contributed by atoms with Gasteiger partial charge >= 0.3 is 0 Å². The predicted octanol–water partition coefficient (Wildman–Crippen LogP) is 5.04. The highest BCUT2D eigenvalue weighted by Crippen LogP contribution is 2.26. The number of anilines is 3. The average Bonchev–Trinajstić information content (AvgIpc) is 2.73. The third-order valence-corrected chi connectivity index (χ3v) is 4.06. The van der Waals surface area contributed by atoms with Gasteiger partial charge in [0.1, 0.15) is 11.5 Å². The maximum Gasteiger partial charge on any atom is 0.156 e. The molecule has 3 aromatic heterocycles. The zero-order valence-electron chi connectivity index (χ0n) is 14.4. The van der Waals surface area contributed by atoms with E-state index in [2.05, 4.69) is 36.8 Å². The summed E-state index contributed by atoms with van der Waals surface area (Å²) in [6.45, 7) is 0.566. The lowest BCUT2D eigenvalue weighted by Crippen LogP contribution is -2.03. The Hall–Kier alpha value is -3.87. The molecule has 0 fully saturated rings. The highest BCUT2D eigenvalue weighted by Gasteiger charge is 2.06. The van der Waals surface area contributed by atoms with Gasteiger partial charge in [0, 0.05) is 24.3 Å². The lowest BCUT2D eigenvalue weighted by Gasteiger charge is -2.11. The largest absolute Gasteiger partial charge is 0.364 e. The summed E-state index contributed by atoms with van der Waals surface area (Å²) in [6.07, 6.45) is 5.22. The van der Waals surface area contributed by atoms with Crippen molar-refractivity contribution in [1.29, 1.82) is 5.53 Å². The molecule has 27 heavy (non-hydrogen) atoms. The minimum absolute atomic E-state index is 0.481.